The van der Waals surface area contributed by atoms with Crippen molar-refractivity contribution in [3.8, 4) is 11.3 Å². The van der Waals surface area contributed by atoms with E-state index in [1.54, 1.807) is 0 Å². The Kier molecular flexibility index (Phi) is 4.27. The first-order valence-corrected chi connectivity index (χ1v) is 10.2. The fourth-order valence-corrected chi connectivity index (χ4v) is 4.57. The maximum Gasteiger partial charge on any atom is 0.130 e. The summed E-state index contributed by atoms with van der Waals surface area (Å²) >= 11 is 0. The van der Waals surface area contributed by atoms with E-state index in [1.807, 2.05) is 6.92 Å². The van der Waals surface area contributed by atoms with Crippen molar-refractivity contribution in [1.82, 2.24) is 9.97 Å². The molecule has 1 atom stereocenters. The first-order chi connectivity index (χ1) is 13.7. The molecule has 1 aromatic heterocycles. The van der Waals surface area contributed by atoms with Crippen molar-refractivity contribution in [1.29, 1.82) is 0 Å². The van der Waals surface area contributed by atoms with Gasteiger partial charge in [-0.2, -0.15) is 0 Å². The normalized spacial score (nSPS) is 17.9. The van der Waals surface area contributed by atoms with Crippen molar-refractivity contribution in [3.63, 3.8) is 0 Å². The van der Waals surface area contributed by atoms with Gasteiger partial charge in [0.15, 0.2) is 0 Å². The number of nitrogens with zero attached hydrogens (tertiary/aromatic N) is 3. The lowest BCUT2D eigenvalue weighted by atomic mass is 9.88. The summed E-state index contributed by atoms with van der Waals surface area (Å²) in [6.45, 7) is 3.07. The Morgan fingerprint density at radius 1 is 1.00 bits per heavy atom. The van der Waals surface area contributed by atoms with Crippen LogP contribution in [0.1, 0.15) is 41.4 Å². The maximum absolute atomic E-state index is 4.72. The van der Waals surface area contributed by atoms with Crippen LogP contribution in [0, 0.1) is 6.92 Å². The fraction of sp³-hybridized carbons (Fsp3) is 0.333. The highest BCUT2D eigenvalue weighted by atomic mass is 15.1. The molecule has 0 amide bonds. The van der Waals surface area contributed by atoms with Crippen LogP contribution in [0.5, 0.6) is 0 Å². The molecule has 1 N–H and O–H groups in total. The Hall–Kier alpha value is -2.88. The summed E-state index contributed by atoms with van der Waals surface area (Å²) in [6.07, 6.45) is 4.65. The first kappa shape index (κ1) is 17.2. The van der Waals surface area contributed by atoms with E-state index >= 15 is 0 Å². The van der Waals surface area contributed by atoms with Gasteiger partial charge >= 0.3 is 0 Å². The highest BCUT2D eigenvalue weighted by Gasteiger charge is 2.21. The van der Waals surface area contributed by atoms with Crippen LogP contribution in [0.25, 0.3) is 11.3 Å². The van der Waals surface area contributed by atoms with Crippen LogP contribution >= 0.6 is 0 Å². The largest absolute Gasteiger partial charge is 0.374 e. The van der Waals surface area contributed by atoms with Gasteiger partial charge in [0, 0.05) is 30.9 Å². The van der Waals surface area contributed by atoms with Gasteiger partial charge in [0.25, 0.3) is 0 Å². The van der Waals surface area contributed by atoms with Crippen molar-refractivity contribution in [2.24, 2.45) is 0 Å². The minimum atomic E-state index is 0.318. The number of benzene rings is 2. The van der Waals surface area contributed by atoms with E-state index in [1.165, 1.54) is 35.2 Å². The monoisotopic (exact) mass is 370 g/mol. The van der Waals surface area contributed by atoms with Gasteiger partial charge < -0.3 is 10.2 Å². The smallest absolute Gasteiger partial charge is 0.130 e. The number of fused-ring (bicyclic) bond motifs is 2. The molecule has 2 aliphatic rings. The van der Waals surface area contributed by atoms with E-state index in [-0.39, 0.29) is 0 Å². The van der Waals surface area contributed by atoms with Gasteiger partial charge in [-0.3, -0.25) is 0 Å². The Balaban J connectivity index is 1.47. The van der Waals surface area contributed by atoms with Gasteiger partial charge in [-0.05, 0) is 55.4 Å². The van der Waals surface area contributed by atoms with Crippen molar-refractivity contribution < 1.29 is 0 Å². The third kappa shape index (κ3) is 3.13. The van der Waals surface area contributed by atoms with Gasteiger partial charge in [0.1, 0.15) is 11.6 Å². The molecule has 2 heterocycles. The number of likely N-dealkylation sites (N-methyl/N-ethyl adjacent to an activating group) is 1. The average molecular weight is 371 g/mol. The summed E-state index contributed by atoms with van der Waals surface area (Å²) < 4.78 is 0. The van der Waals surface area contributed by atoms with Crippen molar-refractivity contribution in [2.75, 3.05) is 23.8 Å². The molecule has 0 fully saturated rings. The van der Waals surface area contributed by atoms with Crippen molar-refractivity contribution in [3.05, 3.63) is 71.0 Å². The summed E-state index contributed by atoms with van der Waals surface area (Å²) in [4.78, 5) is 11.7. The summed E-state index contributed by atoms with van der Waals surface area (Å²) in [5.41, 5.74) is 7.76. The van der Waals surface area contributed by atoms with Crippen LogP contribution in [-0.2, 0) is 12.8 Å². The average Bonchev–Trinajstić information content (AvgIpc) is 3.08. The standard InChI is InChI=1S/C24H26N4/c1-16-25-22(19-11-10-18-12-13-28(2)23(18)14-19)15-24(26-16)27-21-9-5-7-17-6-3-4-8-20(17)21/h3-4,6,8,10-11,14-15,21H,5,7,9,12-13H2,1-2H3,(H,25,26,27). The molecular weight excluding hydrogens is 344 g/mol. The molecule has 1 unspecified atom stereocenters. The molecule has 28 heavy (non-hydrogen) atoms. The van der Waals surface area contributed by atoms with Gasteiger partial charge in [0.05, 0.1) is 11.7 Å². The van der Waals surface area contributed by atoms with E-state index in [9.17, 15) is 0 Å². The summed E-state index contributed by atoms with van der Waals surface area (Å²) in [5.74, 6) is 1.72. The van der Waals surface area contributed by atoms with Gasteiger partial charge in [0.2, 0.25) is 0 Å². The Bertz CT molecular complexity index is 1030. The number of anilines is 2. The Morgan fingerprint density at radius 3 is 2.82 bits per heavy atom. The molecule has 4 heteroatoms. The zero-order valence-electron chi connectivity index (χ0n) is 16.6. The second kappa shape index (κ2) is 6.93. The number of hydrogen-bond acceptors (Lipinski definition) is 4. The van der Waals surface area contributed by atoms with Crippen LogP contribution in [-0.4, -0.2) is 23.6 Å². The lowest BCUT2D eigenvalue weighted by molar-refractivity contribution is 0.598. The minimum Gasteiger partial charge on any atom is -0.374 e. The number of hydrogen-bond donors (Lipinski definition) is 1. The Labute approximate surface area is 166 Å². The second-order valence-electron chi connectivity index (χ2n) is 7.99. The zero-order chi connectivity index (χ0) is 19.1. The molecule has 0 saturated carbocycles. The number of rotatable bonds is 3. The van der Waals surface area contributed by atoms with E-state index < -0.39 is 0 Å². The zero-order valence-corrected chi connectivity index (χ0v) is 16.6. The molecule has 5 rings (SSSR count). The molecule has 0 saturated heterocycles. The molecule has 0 spiro atoms. The highest BCUT2D eigenvalue weighted by Crippen LogP contribution is 2.34. The molecule has 1 aliphatic heterocycles. The molecule has 2 aromatic carbocycles. The second-order valence-corrected chi connectivity index (χ2v) is 7.99. The number of aryl methyl sites for hydroxylation is 2. The molecular formula is C24H26N4. The third-order valence-electron chi connectivity index (χ3n) is 6.04. The lowest BCUT2D eigenvalue weighted by Crippen LogP contribution is -2.18. The molecule has 142 valence electrons. The highest BCUT2D eigenvalue weighted by molar-refractivity contribution is 5.71. The third-order valence-corrected chi connectivity index (χ3v) is 6.04. The van der Waals surface area contributed by atoms with E-state index in [2.05, 4.69) is 70.8 Å². The molecule has 4 nitrogen and oxygen atoms in total. The van der Waals surface area contributed by atoms with Crippen LogP contribution in [0.3, 0.4) is 0 Å². The summed E-state index contributed by atoms with van der Waals surface area (Å²) in [5, 5.41) is 3.69. The van der Waals surface area contributed by atoms with E-state index in [4.69, 9.17) is 4.98 Å². The predicted molar refractivity (Wildman–Crippen MR) is 115 cm³/mol. The first-order valence-electron chi connectivity index (χ1n) is 10.2. The Morgan fingerprint density at radius 2 is 1.89 bits per heavy atom. The fourth-order valence-electron chi connectivity index (χ4n) is 4.57. The topological polar surface area (TPSA) is 41.1 Å². The maximum atomic E-state index is 4.72. The van der Waals surface area contributed by atoms with Crippen molar-refractivity contribution >= 4 is 11.5 Å². The van der Waals surface area contributed by atoms with Crippen LogP contribution in [0.2, 0.25) is 0 Å². The molecule has 1 aliphatic carbocycles. The number of nitrogens with one attached hydrogen (secondary N) is 1. The number of aromatic nitrogens is 2. The van der Waals surface area contributed by atoms with Crippen LogP contribution in [0.4, 0.5) is 11.5 Å². The van der Waals surface area contributed by atoms with Gasteiger partial charge in [-0.15, -0.1) is 0 Å². The van der Waals surface area contributed by atoms with Crippen LogP contribution < -0.4 is 10.2 Å². The van der Waals surface area contributed by atoms with Gasteiger partial charge in [-0.25, -0.2) is 9.97 Å². The van der Waals surface area contributed by atoms with Crippen molar-refractivity contribution in [2.45, 2.75) is 38.6 Å². The summed E-state index contributed by atoms with van der Waals surface area (Å²) in [7, 11) is 2.16. The lowest BCUT2D eigenvalue weighted by Gasteiger charge is -2.27. The predicted octanol–water partition coefficient (Wildman–Crippen LogP) is 4.93. The SMILES string of the molecule is Cc1nc(NC2CCCc3ccccc32)cc(-c2ccc3c(c2)N(C)CC3)n1. The molecule has 3 aromatic rings. The van der Waals surface area contributed by atoms with Gasteiger partial charge in [-0.1, -0.05) is 36.4 Å². The van der Waals surface area contributed by atoms with E-state index in [0.717, 1.165) is 42.3 Å². The molecule has 0 bridgehead atoms. The summed E-state index contributed by atoms with van der Waals surface area (Å²) in [6, 6.07) is 17.9. The van der Waals surface area contributed by atoms with Crippen LogP contribution in [0.15, 0.2) is 48.5 Å². The quantitative estimate of drug-likeness (QED) is 0.709. The van der Waals surface area contributed by atoms with E-state index in [0.29, 0.717) is 6.04 Å². The molecule has 0 radical (unpaired) electrons. The minimum absolute atomic E-state index is 0.318.